The van der Waals surface area contributed by atoms with Gasteiger partial charge in [0.05, 0.1) is 6.04 Å². The molecule has 3 N–H and O–H groups in total. The highest BCUT2D eigenvalue weighted by molar-refractivity contribution is 5.38. The topological polar surface area (TPSA) is 92.8 Å². The Morgan fingerprint density at radius 3 is 2.75 bits per heavy atom. The van der Waals surface area contributed by atoms with Crippen LogP contribution in [0.15, 0.2) is 23.1 Å². The molecule has 3 rings (SSSR count). The number of nitrogens with zero attached hydrogens (tertiary/aromatic N) is 4. The van der Waals surface area contributed by atoms with E-state index in [1.165, 1.54) is 0 Å². The lowest BCUT2D eigenvalue weighted by molar-refractivity contribution is 0.366. The van der Waals surface area contributed by atoms with Crippen LogP contribution in [0.4, 0.5) is 11.6 Å². The fourth-order valence-electron chi connectivity index (χ4n) is 2.64. The maximum Gasteiger partial charge on any atom is 0.252 e. The molecule has 0 bridgehead atoms. The van der Waals surface area contributed by atoms with Crippen LogP contribution in [0.2, 0.25) is 0 Å². The molecule has 20 heavy (non-hydrogen) atoms. The van der Waals surface area contributed by atoms with E-state index in [1.807, 2.05) is 16.9 Å². The predicted octanol–water partition coefficient (Wildman–Crippen LogP) is 0.699. The third kappa shape index (κ3) is 2.52. The van der Waals surface area contributed by atoms with E-state index in [-0.39, 0.29) is 5.56 Å². The molecule has 0 unspecified atom stereocenters. The Labute approximate surface area is 116 Å². The molecule has 0 spiro atoms. The first-order chi connectivity index (χ1) is 9.61. The molecular weight excluding hydrogens is 256 g/mol. The van der Waals surface area contributed by atoms with Crippen LogP contribution < -0.4 is 16.2 Å². The van der Waals surface area contributed by atoms with E-state index in [0.29, 0.717) is 17.7 Å². The number of aromatic nitrogens is 4. The number of nitrogens with one attached hydrogen (secondary N) is 1. The number of anilines is 2. The first kappa shape index (κ1) is 12.7. The minimum atomic E-state index is -0.102. The average molecular weight is 274 g/mol. The van der Waals surface area contributed by atoms with Crippen molar-refractivity contribution in [3.8, 4) is 0 Å². The predicted molar refractivity (Wildman–Crippen MR) is 76.7 cm³/mol. The summed E-state index contributed by atoms with van der Waals surface area (Å²) >= 11 is 0. The van der Waals surface area contributed by atoms with Crippen LogP contribution >= 0.6 is 0 Å². The van der Waals surface area contributed by atoms with E-state index >= 15 is 0 Å². The largest absolute Gasteiger partial charge is 0.382 e. The van der Waals surface area contributed by atoms with Crippen molar-refractivity contribution < 1.29 is 0 Å². The summed E-state index contributed by atoms with van der Waals surface area (Å²) in [5.74, 6) is 1.96. The zero-order valence-corrected chi connectivity index (χ0v) is 11.4. The third-order valence-corrected chi connectivity index (χ3v) is 3.64. The molecule has 7 nitrogen and oxygen atoms in total. The van der Waals surface area contributed by atoms with Gasteiger partial charge in [-0.1, -0.05) is 0 Å². The summed E-state index contributed by atoms with van der Waals surface area (Å²) in [5.41, 5.74) is 5.54. The van der Waals surface area contributed by atoms with Crippen molar-refractivity contribution in [2.24, 2.45) is 0 Å². The normalized spacial score (nSPS) is 16.6. The van der Waals surface area contributed by atoms with Gasteiger partial charge in [-0.2, -0.15) is 5.10 Å². The van der Waals surface area contributed by atoms with Gasteiger partial charge in [0.1, 0.15) is 17.5 Å². The van der Waals surface area contributed by atoms with E-state index in [4.69, 9.17) is 5.73 Å². The van der Waals surface area contributed by atoms with Crippen LogP contribution in [-0.4, -0.2) is 32.8 Å². The van der Waals surface area contributed by atoms with Gasteiger partial charge in [-0.25, -0.2) is 4.98 Å². The average Bonchev–Trinajstić information content (AvgIpc) is 2.84. The van der Waals surface area contributed by atoms with Gasteiger partial charge >= 0.3 is 0 Å². The molecule has 1 fully saturated rings. The van der Waals surface area contributed by atoms with Gasteiger partial charge in [0.15, 0.2) is 0 Å². The molecule has 0 radical (unpaired) electrons. The lowest BCUT2D eigenvalue weighted by atomic mass is 10.1. The Morgan fingerprint density at radius 1 is 1.40 bits per heavy atom. The molecule has 0 amide bonds. The smallest absolute Gasteiger partial charge is 0.252 e. The van der Waals surface area contributed by atoms with Gasteiger partial charge in [-0.15, -0.1) is 0 Å². The highest BCUT2D eigenvalue weighted by Crippen LogP contribution is 2.24. The zero-order chi connectivity index (χ0) is 14.1. The Morgan fingerprint density at radius 2 is 2.15 bits per heavy atom. The second-order valence-electron chi connectivity index (χ2n) is 5.13. The molecular formula is C13H18N6O. The summed E-state index contributed by atoms with van der Waals surface area (Å²) in [6, 6.07) is 3.74. The molecule has 2 aromatic heterocycles. The summed E-state index contributed by atoms with van der Waals surface area (Å²) < 4.78 is 1.93. The summed E-state index contributed by atoms with van der Waals surface area (Å²) in [5, 5.41) is 4.27. The number of aryl methyl sites for hydroxylation is 1. The number of nitrogens with two attached hydrogens (primary N) is 1. The van der Waals surface area contributed by atoms with Gasteiger partial charge in [0, 0.05) is 25.4 Å². The number of rotatable bonds is 2. The van der Waals surface area contributed by atoms with Gasteiger partial charge in [-0.05, 0) is 25.8 Å². The highest BCUT2D eigenvalue weighted by Gasteiger charge is 2.22. The molecule has 1 saturated heterocycles. The molecule has 0 atom stereocenters. The van der Waals surface area contributed by atoms with Crippen LogP contribution in [0.25, 0.3) is 0 Å². The summed E-state index contributed by atoms with van der Waals surface area (Å²) in [6.45, 7) is 3.52. The lowest BCUT2D eigenvalue weighted by Gasteiger charge is -2.32. The van der Waals surface area contributed by atoms with Crippen LogP contribution in [0.5, 0.6) is 0 Å². The number of nitrogen functional groups attached to an aromatic ring is 1. The monoisotopic (exact) mass is 274 g/mol. The summed E-state index contributed by atoms with van der Waals surface area (Å²) in [7, 11) is 0. The number of hydrogen-bond acceptors (Lipinski definition) is 5. The Balaban J connectivity index is 1.70. The van der Waals surface area contributed by atoms with Crippen molar-refractivity contribution in [3.05, 3.63) is 34.5 Å². The van der Waals surface area contributed by atoms with E-state index < -0.39 is 0 Å². The number of aromatic amines is 1. The van der Waals surface area contributed by atoms with E-state index in [9.17, 15) is 4.79 Å². The number of H-pyrrole nitrogens is 1. The van der Waals surface area contributed by atoms with Crippen LogP contribution in [0.1, 0.15) is 24.7 Å². The molecule has 1 aliphatic heterocycles. The van der Waals surface area contributed by atoms with Crippen molar-refractivity contribution >= 4 is 11.6 Å². The molecule has 0 aliphatic carbocycles. The van der Waals surface area contributed by atoms with Crippen molar-refractivity contribution in [1.29, 1.82) is 0 Å². The van der Waals surface area contributed by atoms with Gasteiger partial charge in [0.25, 0.3) is 5.56 Å². The Kier molecular flexibility index (Phi) is 3.17. The van der Waals surface area contributed by atoms with Gasteiger partial charge in [-0.3, -0.25) is 9.48 Å². The van der Waals surface area contributed by atoms with Gasteiger partial charge in [0.2, 0.25) is 0 Å². The molecule has 106 valence electrons. The molecule has 0 aromatic carbocycles. The minimum Gasteiger partial charge on any atom is -0.382 e. The van der Waals surface area contributed by atoms with Crippen molar-refractivity contribution in [3.63, 3.8) is 0 Å². The second kappa shape index (κ2) is 4.99. The molecule has 7 heteroatoms. The van der Waals surface area contributed by atoms with Crippen LogP contribution in [-0.2, 0) is 0 Å². The first-order valence-electron chi connectivity index (χ1n) is 6.75. The highest BCUT2D eigenvalue weighted by atomic mass is 16.1. The van der Waals surface area contributed by atoms with Crippen molar-refractivity contribution in [2.45, 2.75) is 25.8 Å². The second-order valence-corrected chi connectivity index (χ2v) is 5.13. The minimum absolute atomic E-state index is 0.102. The molecule has 1 aliphatic rings. The maximum atomic E-state index is 11.5. The Bertz CT molecular complexity index is 653. The third-order valence-electron chi connectivity index (χ3n) is 3.64. The summed E-state index contributed by atoms with van der Waals surface area (Å²) in [4.78, 5) is 20.7. The molecule has 0 saturated carbocycles. The fraction of sp³-hybridized carbons (Fsp3) is 0.462. The van der Waals surface area contributed by atoms with E-state index in [1.54, 1.807) is 13.0 Å². The van der Waals surface area contributed by atoms with Crippen LogP contribution in [0, 0.1) is 6.92 Å². The van der Waals surface area contributed by atoms with Crippen LogP contribution in [0.3, 0.4) is 0 Å². The van der Waals surface area contributed by atoms with E-state index in [0.717, 1.165) is 31.7 Å². The lowest BCUT2D eigenvalue weighted by Crippen LogP contribution is -2.36. The van der Waals surface area contributed by atoms with Crippen molar-refractivity contribution in [2.75, 3.05) is 23.7 Å². The summed E-state index contributed by atoms with van der Waals surface area (Å²) in [6.07, 6.45) is 3.86. The zero-order valence-electron chi connectivity index (χ0n) is 11.4. The maximum absolute atomic E-state index is 11.5. The SMILES string of the molecule is Cc1nc(N2CCC(n3ccc(N)n3)CC2)cc(=O)[nH]1. The molecule has 3 heterocycles. The first-order valence-corrected chi connectivity index (χ1v) is 6.75. The Hall–Kier alpha value is -2.31. The quantitative estimate of drug-likeness (QED) is 0.841. The number of hydrogen-bond donors (Lipinski definition) is 2. The molecule has 2 aromatic rings. The van der Waals surface area contributed by atoms with Crippen molar-refractivity contribution in [1.82, 2.24) is 19.7 Å². The standard InChI is InChI=1S/C13H18N6O/c1-9-15-12(8-13(20)16-9)18-5-2-10(3-6-18)19-7-4-11(14)17-19/h4,7-8,10H,2-3,5-6H2,1H3,(H2,14,17)(H,15,16,20). The van der Waals surface area contributed by atoms with E-state index in [2.05, 4.69) is 20.0 Å². The fourth-order valence-corrected chi connectivity index (χ4v) is 2.64. The van der Waals surface area contributed by atoms with Gasteiger partial charge < -0.3 is 15.6 Å². The number of piperidine rings is 1.